The molecule has 0 fully saturated rings. The molecule has 18 heavy (non-hydrogen) atoms. The van der Waals surface area contributed by atoms with Crippen LogP contribution in [0.4, 0.5) is 11.5 Å². The number of pyridine rings is 1. The number of nitro groups is 1. The highest BCUT2D eigenvalue weighted by molar-refractivity contribution is 9.10. The molecular weight excluding hydrogens is 318 g/mol. The first kappa shape index (κ1) is 13.0. The van der Waals surface area contributed by atoms with Crippen LogP contribution in [0.1, 0.15) is 10.6 Å². The Hall–Kier alpha value is -1.47. The summed E-state index contributed by atoms with van der Waals surface area (Å²) < 4.78 is 1.05. The lowest BCUT2D eigenvalue weighted by Gasteiger charge is -2.05. The van der Waals surface area contributed by atoms with E-state index in [-0.39, 0.29) is 5.69 Å². The Labute approximate surface area is 116 Å². The molecule has 0 aliphatic carbocycles. The highest BCUT2D eigenvalue weighted by Gasteiger charge is 2.11. The van der Waals surface area contributed by atoms with Gasteiger partial charge in [-0.3, -0.25) is 10.1 Å². The van der Waals surface area contributed by atoms with Crippen LogP contribution in [0.15, 0.2) is 28.1 Å². The Kier molecular flexibility index (Phi) is 3.93. The molecule has 0 spiro atoms. The summed E-state index contributed by atoms with van der Waals surface area (Å²) in [5, 5.41) is 15.8. The molecule has 0 unspecified atom stereocenters. The van der Waals surface area contributed by atoms with Crippen molar-refractivity contribution in [2.24, 2.45) is 0 Å². The maximum atomic E-state index is 10.7. The van der Waals surface area contributed by atoms with E-state index in [1.165, 1.54) is 6.07 Å². The van der Waals surface area contributed by atoms with Gasteiger partial charge in [0.1, 0.15) is 11.5 Å². The van der Waals surface area contributed by atoms with Crippen molar-refractivity contribution in [2.45, 2.75) is 13.5 Å². The van der Waals surface area contributed by atoms with E-state index in [2.05, 4.69) is 26.2 Å². The molecule has 0 aromatic carbocycles. The number of hydrogen-bond donors (Lipinski definition) is 1. The standard InChI is InChI=1S/C11H10BrN3O2S/c1-7-9(15(16)17)2-3-11(14-7)13-6-10-8(12)4-5-18-10/h2-5H,6H2,1H3,(H,13,14). The van der Waals surface area contributed by atoms with E-state index in [0.29, 0.717) is 18.1 Å². The monoisotopic (exact) mass is 327 g/mol. The summed E-state index contributed by atoms with van der Waals surface area (Å²) in [6, 6.07) is 5.07. The van der Waals surface area contributed by atoms with E-state index in [0.717, 1.165) is 9.35 Å². The summed E-state index contributed by atoms with van der Waals surface area (Å²) in [6.45, 7) is 2.27. The third kappa shape index (κ3) is 2.85. The van der Waals surface area contributed by atoms with E-state index >= 15 is 0 Å². The smallest absolute Gasteiger partial charge is 0.290 e. The molecule has 0 amide bonds. The number of anilines is 1. The summed E-state index contributed by atoms with van der Waals surface area (Å²) >= 11 is 5.08. The molecule has 2 rings (SSSR count). The van der Waals surface area contributed by atoms with E-state index in [1.807, 2.05) is 11.4 Å². The molecule has 2 aromatic heterocycles. The number of halogens is 1. The van der Waals surface area contributed by atoms with Crippen molar-refractivity contribution < 1.29 is 4.92 Å². The van der Waals surface area contributed by atoms with Gasteiger partial charge in [0, 0.05) is 15.4 Å². The maximum Gasteiger partial charge on any atom is 0.290 e. The minimum absolute atomic E-state index is 0.0397. The van der Waals surface area contributed by atoms with Crippen molar-refractivity contribution in [3.8, 4) is 0 Å². The summed E-state index contributed by atoms with van der Waals surface area (Å²) in [7, 11) is 0. The second-order valence-electron chi connectivity index (χ2n) is 3.60. The fraction of sp³-hybridized carbons (Fsp3) is 0.182. The van der Waals surface area contributed by atoms with Crippen molar-refractivity contribution in [1.82, 2.24) is 4.98 Å². The van der Waals surface area contributed by atoms with Gasteiger partial charge in [-0.2, -0.15) is 0 Å². The summed E-state index contributed by atoms with van der Waals surface area (Å²) in [5.41, 5.74) is 0.452. The van der Waals surface area contributed by atoms with Gasteiger partial charge in [-0.15, -0.1) is 11.3 Å². The molecule has 0 saturated heterocycles. The predicted molar refractivity (Wildman–Crippen MR) is 75.0 cm³/mol. The van der Waals surface area contributed by atoms with Gasteiger partial charge >= 0.3 is 0 Å². The number of rotatable bonds is 4. The van der Waals surface area contributed by atoms with Crippen LogP contribution in [-0.4, -0.2) is 9.91 Å². The summed E-state index contributed by atoms with van der Waals surface area (Å²) in [4.78, 5) is 15.6. The average Bonchev–Trinajstić information content (AvgIpc) is 2.72. The number of aryl methyl sites for hydroxylation is 1. The number of hydrogen-bond acceptors (Lipinski definition) is 5. The van der Waals surface area contributed by atoms with E-state index < -0.39 is 4.92 Å². The number of aromatic nitrogens is 1. The first-order chi connectivity index (χ1) is 8.58. The van der Waals surface area contributed by atoms with Gasteiger partial charge in [-0.25, -0.2) is 4.98 Å². The second-order valence-corrected chi connectivity index (χ2v) is 5.46. The molecule has 0 saturated carbocycles. The van der Waals surface area contributed by atoms with Crippen LogP contribution >= 0.6 is 27.3 Å². The zero-order valence-corrected chi connectivity index (χ0v) is 11.9. The van der Waals surface area contributed by atoms with Gasteiger partial charge in [0.05, 0.1) is 11.5 Å². The number of thiophene rings is 1. The molecule has 2 heterocycles. The average molecular weight is 328 g/mol. The lowest BCUT2D eigenvalue weighted by atomic mass is 10.3. The largest absolute Gasteiger partial charge is 0.365 e. The molecule has 2 aromatic rings. The van der Waals surface area contributed by atoms with Crippen molar-refractivity contribution in [3.05, 3.63) is 48.7 Å². The molecule has 0 radical (unpaired) electrons. The zero-order valence-electron chi connectivity index (χ0n) is 9.51. The van der Waals surface area contributed by atoms with E-state index in [9.17, 15) is 10.1 Å². The Morgan fingerprint density at radius 2 is 2.28 bits per heavy atom. The minimum atomic E-state index is -0.429. The molecule has 1 N–H and O–H groups in total. The molecule has 0 atom stereocenters. The SMILES string of the molecule is Cc1nc(NCc2sccc2Br)ccc1[N+](=O)[O-]. The van der Waals surface area contributed by atoms with Crippen LogP contribution in [0.5, 0.6) is 0 Å². The van der Waals surface area contributed by atoms with Gasteiger partial charge in [-0.05, 0) is 40.4 Å². The molecule has 0 aliphatic heterocycles. The van der Waals surface area contributed by atoms with Crippen LogP contribution in [0.25, 0.3) is 0 Å². The van der Waals surface area contributed by atoms with Crippen LogP contribution in [-0.2, 0) is 6.54 Å². The van der Waals surface area contributed by atoms with Crippen molar-refractivity contribution in [1.29, 1.82) is 0 Å². The Morgan fingerprint density at radius 1 is 1.50 bits per heavy atom. The number of nitrogens with one attached hydrogen (secondary N) is 1. The lowest BCUT2D eigenvalue weighted by Crippen LogP contribution is -2.02. The summed E-state index contributed by atoms with van der Waals surface area (Å²) in [5.74, 6) is 0.637. The van der Waals surface area contributed by atoms with Gasteiger partial charge in [-0.1, -0.05) is 0 Å². The van der Waals surface area contributed by atoms with Crippen molar-refractivity contribution in [3.63, 3.8) is 0 Å². The second kappa shape index (κ2) is 5.45. The normalized spacial score (nSPS) is 10.3. The Morgan fingerprint density at radius 3 is 2.83 bits per heavy atom. The van der Waals surface area contributed by atoms with Crippen LogP contribution < -0.4 is 5.32 Å². The number of nitrogens with zero attached hydrogens (tertiary/aromatic N) is 2. The highest BCUT2D eigenvalue weighted by Crippen LogP contribution is 2.24. The third-order valence-corrected chi connectivity index (χ3v) is 4.30. The topological polar surface area (TPSA) is 68.1 Å². The molecule has 94 valence electrons. The fourth-order valence-corrected chi connectivity index (χ4v) is 2.90. The fourth-order valence-electron chi connectivity index (χ4n) is 1.47. The van der Waals surface area contributed by atoms with Gasteiger partial charge in [0.15, 0.2) is 0 Å². The Balaban J connectivity index is 2.09. The van der Waals surface area contributed by atoms with Crippen molar-refractivity contribution in [2.75, 3.05) is 5.32 Å². The third-order valence-electron chi connectivity index (χ3n) is 2.38. The van der Waals surface area contributed by atoms with Gasteiger partial charge in [0.2, 0.25) is 0 Å². The maximum absolute atomic E-state index is 10.7. The van der Waals surface area contributed by atoms with Gasteiger partial charge < -0.3 is 5.32 Å². The molecule has 0 bridgehead atoms. The predicted octanol–water partition coefficient (Wildman–Crippen LogP) is 3.73. The van der Waals surface area contributed by atoms with E-state index in [1.54, 1.807) is 24.3 Å². The molecule has 5 nitrogen and oxygen atoms in total. The molecule has 7 heteroatoms. The highest BCUT2D eigenvalue weighted by atomic mass is 79.9. The quantitative estimate of drug-likeness (QED) is 0.686. The first-order valence-corrected chi connectivity index (χ1v) is 6.83. The van der Waals surface area contributed by atoms with Crippen molar-refractivity contribution >= 4 is 38.8 Å². The first-order valence-electron chi connectivity index (χ1n) is 5.15. The minimum Gasteiger partial charge on any atom is -0.365 e. The van der Waals surface area contributed by atoms with Crippen LogP contribution in [0.2, 0.25) is 0 Å². The van der Waals surface area contributed by atoms with Crippen LogP contribution in [0.3, 0.4) is 0 Å². The molecular formula is C11H10BrN3O2S. The Bertz CT molecular complexity index is 585. The van der Waals surface area contributed by atoms with Crippen LogP contribution in [0, 0.1) is 17.0 Å². The molecule has 0 aliphatic rings. The zero-order chi connectivity index (χ0) is 13.1. The van der Waals surface area contributed by atoms with E-state index in [4.69, 9.17) is 0 Å². The summed E-state index contributed by atoms with van der Waals surface area (Å²) in [6.07, 6.45) is 0. The van der Waals surface area contributed by atoms with Gasteiger partial charge in [0.25, 0.3) is 5.69 Å². The lowest BCUT2D eigenvalue weighted by molar-refractivity contribution is -0.385.